The molecule has 0 aliphatic carbocycles. The minimum atomic E-state index is -4.36. The van der Waals surface area contributed by atoms with Crippen LogP contribution in [0, 0.1) is 0 Å². The van der Waals surface area contributed by atoms with E-state index in [1.807, 2.05) is 12.1 Å². The molecule has 1 aliphatic heterocycles. The molecule has 2 aromatic carbocycles. The minimum absolute atomic E-state index is 0. The molecule has 3 N–H and O–H groups in total. The Balaban J connectivity index is 0.00000182. The van der Waals surface area contributed by atoms with Crippen LogP contribution in [0.5, 0.6) is 0 Å². The van der Waals surface area contributed by atoms with Crippen LogP contribution in [0.4, 0.5) is 18.9 Å². The number of anilines is 1. The lowest BCUT2D eigenvalue weighted by Crippen LogP contribution is -2.94. The summed E-state index contributed by atoms with van der Waals surface area (Å²) in [6.07, 6.45) is -4.36. The number of halogens is 3. The Bertz CT molecular complexity index is 983. The van der Waals surface area contributed by atoms with Gasteiger partial charge in [-0.05, 0) is 36.4 Å². The highest BCUT2D eigenvalue weighted by atomic mass is 19.4. The van der Waals surface area contributed by atoms with E-state index in [0.29, 0.717) is 23.4 Å². The van der Waals surface area contributed by atoms with Gasteiger partial charge < -0.3 is 5.48 Å². The fourth-order valence-electron chi connectivity index (χ4n) is 2.81. The van der Waals surface area contributed by atoms with Crippen LogP contribution < -0.4 is 16.1 Å². The lowest BCUT2D eigenvalue weighted by molar-refractivity contribution is -0.706. The number of para-hydroxylation sites is 1. The average Bonchev–Trinajstić information content (AvgIpc) is 2.98. The van der Waals surface area contributed by atoms with Gasteiger partial charge in [0, 0.05) is 0 Å². The second kappa shape index (κ2) is 5.87. The lowest BCUT2D eigenvalue weighted by Gasteiger charge is -2.14. The van der Waals surface area contributed by atoms with Gasteiger partial charge in [0.1, 0.15) is 12.1 Å². The fraction of sp³-hybridized carbons (Fsp3) is 0.125. The van der Waals surface area contributed by atoms with E-state index in [0.717, 1.165) is 17.6 Å². The number of fused-ring (bicyclic) bond motifs is 3. The molecule has 0 saturated heterocycles. The van der Waals surface area contributed by atoms with Gasteiger partial charge >= 0.3 is 6.18 Å². The Kier molecular flexibility index (Phi) is 3.97. The quantitative estimate of drug-likeness (QED) is 0.674. The highest BCUT2D eigenvalue weighted by Crippen LogP contribution is 2.30. The molecule has 0 fully saturated rings. The Morgan fingerprint density at radius 2 is 1.72 bits per heavy atom. The van der Waals surface area contributed by atoms with Gasteiger partial charge in [0.2, 0.25) is 0 Å². The first kappa shape index (κ1) is 16.9. The molecule has 4 rings (SSSR count). The van der Waals surface area contributed by atoms with E-state index < -0.39 is 11.7 Å². The summed E-state index contributed by atoms with van der Waals surface area (Å²) in [6.45, 7) is 0.325. The SMILES string of the molecule is O=c1nc2n(c3ccccc13)[NH2+]N(c1ccc(C(F)(F)F)cc1)C2.[OH-]. The van der Waals surface area contributed by atoms with Crippen molar-refractivity contribution in [2.75, 3.05) is 5.01 Å². The number of nitrogens with zero attached hydrogens (tertiary/aromatic N) is 3. The van der Waals surface area contributed by atoms with Crippen molar-refractivity contribution in [2.45, 2.75) is 12.7 Å². The summed E-state index contributed by atoms with van der Waals surface area (Å²) < 4.78 is 39.8. The van der Waals surface area contributed by atoms with Gasteiger partial charge in [0.15, 0.2) is 5.82 Å². The lowest BCUT2D eigenvalue weighted by atomic mass is 10.2. The molecule has 6 nitrogen and oxygen atoms in total. The summed E-state index contributed by atoms with van der Waals surface area (Å²) in [6, 6.07) is 12.0. The zero-order valence-electron chi connectivity index (χ0n) is 12.7. The van der Waals surface area contributed by atoms with E-state index in [-0.39, 0.29) is 11.0 Å². The third-order valence-corrected chi connectivity index (χ3v) is 4.00. The average molecular weight is 350 g/mol. The van der Waals surface area contributed by atoms with Crippen LogP contribution in [0.3, 0.4) is 0 Å². The molecule has 1 aliphatic rings. The molecule has 1 aromatic heterocycles. The van der Waals surface area contributed by atoms with E-state index in [9.17, 15) is 18.0 Å². The maximum atomic E-state index is 12.7. The first-order chi connectivity index (χ1) is 11.4. The zero-order valence-corrected chi connectivity index (χ0v) is 12.7. The van der Waals surface area contributed by atoms with E-state index in [1.165, 1.54) is 12.1 Å². The topological polar surface area (TPSA) is 84.7 Å². The maximum absolute atomic E-state index is 12.7. The molecule has 0 atom stereocenters. The molecule has 0 unspecified atom stereocenters. The number of alkyl halides is 3. The van der Waals surface area contributed by atoms with Crippen molar-refractivity contribution < 1.29 is 24.2 Å². The first-order valence-corrected chi connectivity index (χ1v) is 7.22. The van der Waals surface area contributed by atoms with Crippen molar-refractivity contribution in [2.24, 2.45) is 0 Å². The van der Waals surface area contributed by atoms with Gasteiger partial charge in [-0.25, -0.2) is 0 Å². The number of hydrogen-bond donors (Lipinski definition) is 1. The number of aromatic nitrogens is 2. The Hall–Kier alpha value is -2.91. The van der Waals surface area contributed by atoms with E-state index in [4.69, 9.17) is 0 Å². The van der Waals surface area contributed by atoms with Crippen LogP contribution in [0.15, 0.2) is 53.3 Å². The van der Waals surface area contributed by atoms with Gasteiger partial charge in [-0.15, -0.1) is 5.53 Å². The van der Waals surface area contributed by atoms with Crippen molar-refractivity contribution >= 4 is 16.6 Å². The van der Waals surface area contributed by atoms with Gasteiger partial charge in [-0.2, -0.15) is 27.8 Å². The van der Waals surface area contributed by atoms with Crippen molar-refractivity contribution in [3.05, 3.63) is 70.3 Å². The van der Waals surface area contributed by atoms with E-state index >= 15 is 0 Å². The minimum Gasteiger partial charge on any atom is -0.870 e. The normalized spacial score (nSPS) is 13.6. The maximum Gasteiger partial charge on any atom is 0.416 e. The second-order valence-corrected chi connectivity index (χ2v) is 5.51. The predicted molar refractivity (Wildman–Crippen MR) is 82.9 cm³/mol. The molecule has 9 heteroatoms. The smallest absolute Gasteiger partial charge is 0.416 e. The summed E-state index contributed by atoms with van der Waals surface area (Å²) in [5.74, 6) is 0.554. The third kappa shape index (κ3) is 2.83. The second-order valence-electron chi connectivity index (χ2n) is 5.51. The highest BCUT2D eigenvalue weighted by molar-refractivity contribution is 5.77. The van der Waals surface area contributed by atoms with Gasteiger partial charge in [0.25, 0.3) is 5.56 Å². The van der Waals surface area contributed by atoms with Crippen LogP contribution in [-0.4, -0.2) is 15.1 Å². The molecular formula is C16H13F3N4O2. The first-order valence-electron chi connectivity index (χ1n) is 7.22. The number of rotatable bonds is 1. The predicted octanol–water partition coefficient (Wildman–Crippen LogP) is 1.50. The molecule has 2 heterocycles. The fourth-order valence-corrected chi connectivity index (χ4v) is 2.81. The Morgan fingerprint density at radius 3 is 2.40 bits per heavy atom. The largest absolute Gasteiger partial charge is 0.870 e. The van der Waals surface area contributed by atoms with Crippen LogP contribution in [-0.2, 0) is 12.7 Å². The van der Waals surface area contributed by atoms with Crippen LogP contribution in [0.2, 0.25) is 0 Å². The highest BCUT2D eigenvalue weighted by Gasteiger charge is 2.31. The molecule has 3 aromatic rings. The summed E-state index contributed by atoms with van der Waals surface area (Å²) >= 11 is 0. The third-order valence-electron chi connectivity index (χ3n) is 4.00. The summed E-state index contributed by atoms with van der Waals surface area (Å²) in [7, 11) is 0. The number of quaternary nitrogens is 1. The summed E-state index contributed by atoms with van der Waals surface area (Å²) in [5, 5.41) is 2.26. The van der Waals surface area contributed by atoms with Crippen molar-refractivity contribution in [1.29, 1.82) is 0 Å². The molecule has 0 bridgehead atoms. The van der Waals surface area contributed by atoms with Gasteiger partial charge in [-0.3, -0.25) is 4.79 Å². The summed E-state index contributed by atoms with van der Waals surface area (Å²) in [5.41, 5.74) is 2.07. The molecule has 0 radical (unpaired) electrons. The van der Waals surface area contributed by atoms with Crippen LogP contribution in [0.1, 0.15) is 11.4 Å². The number of hydrogen-bond acceptors (Lipinski definition) is 4. The Morgan fingerprint density at radius 1 is 1.04 bits per heavy atom. The summed E-state index contributed by atoms with van der Waals surface area (Å²) in [4.78, 5) is 16.1. The van der Waals surface area contributed by atoms with Crippen LogP contribution >= 0.6 is 0 Å². The molecule has 0 saturated carbocycles. The molecule has 130 valence electrons. The number of nitrogens with two attached hydrogens (primary N) is 1. The van der Waals surface area contributed by atoms with Gasteiger partial charge in [0.05, 0.1) is 16.6 Å². The van der Waals surface area contributed by atoms with Gasteiger partial charge in [-0.1, -0.05) is 12.1 Å². The zero-order chi connectivity index (χ0) is 16.9. The monoisotopic (exact) mass is 350 g/mol. The van der Waals surface area contributed by atoms with E-state index in [2.05, 4.69) is 4.98 Å². The number of benzene rings is 2. The Labute approximate surface area is 139 Å². The van der Waals surface area contributed by atoms with E-state index in [1.54, 1.807) is 27.4 Å². The van der Waals surface area contributed by atoms with Crippen molar-refractivity contribution in [3.63, 3.8) is 0 Å². The standard InChI is InChI=1S/C16H11F3N4O.H2O/c17-16(18,19)10-5-7-11(8-6-10)22-9-14-20-15(24)12-3-1-2-4-13(12)23(14)21-22;/h1-8,21H,9H2;1H2. The molecular weight excluding hydrogens is 337 g/mol. The van der Waals surface area contributed by atoms with Crippen molar-refractivity contribution in [3.8, 4) is 0 Å². The molecule has 25 heavy (non-hydrogen) atoms. The molecule has 0 amide bonds. The molecule has 0 spiro atoms. The van der Waals surface area contributed by atoms with Crippen LogP contribution in [0.25, 0.3) is 10.9 Å². The van der Waals surface area contributed by atoms with Crippen molar-refractivity contribution in [1.82, 2.24) is 9.66 Å².